The van der Waals surface area contributed by atoms with Gasteiger partial charge < -0.3 is 15.2 Å². The van der Waals surface area contributed by atoms with E-state index in [9.17, 15) is 9.59 Å². The van der Waals surface area contributed by atoms with Crippen molar-refractivity contribution in [2.24, 2.45) is 0 Å². The zero-order valence-corrected chi connectivity index (χ0v) is 11.3. The number of carbonyl (C=O) groups is 2. The number of pyridine rings is 1. The maximum absolute atomic E-state index is 12.0. The molecule has 0 aliphatic rings. The average molecular weight is 277 g/mol. The van der Waals surface area contributed by atoms with E-state index in [1.807, 2.05) is 0 Å². The summed E-state index contributed by atoms with van der Waals surface area (Å²) in [4.78, 5) is 28.0. The van der Waals surface area contributed by atoms with E-state index in [2.05, 4.69) is 4.98 Å². The summed E-state index contributed by atoms with van der Waals surface area (Å²) >= 11 is 0. The summed E-state index contributed by atoms with van der Waals surface area (Å²) in [5, 5.41) is 0. The molecular formula is C13H15N3O4. The van der Waals surface area contributed by atoms with Gasteiger partial charge in [-0.05, 0) is 26.0 Å². The Balaban J connectivity index is 2.66. The van der Waals surface area contributed by atoms with E-state index in [0.29, 0.717) is 11.3 Å². The standard InChI is InChI=1S/C13H15N3O4/c1-3-19-12(17)9-10(13(18)20-4-2)16-7-5-6-8(14)11(16)15-9/h5-7H,3-4,14H2,1-2H3. The van der Waals surface area contributed by atoms with Gasteiger partial charge in [0.05, 0.1) is 18.9 Å². The van der Waals surface area contributed by atoms with Crippen molar-refractivity contribution < 1.29 is 19.1 Å². The largest absolute Gasteiger partial charge is 0.461 e. The molecule has 0 aromatic carbocycles. The molecule has 2 rings (SSSR count). The second kappa shape index (κ2) is 5.60. The Kier molecular flexibility index (Phi) is 3.88. The third-order valence-corrected chi connectivity index (χ3v) is 2.62. The Morgan fingerprint density at radius 1 is 1.25 bits per heavy atom. The van der Waals surface area contributed by atoms with Crippen LogP contribution >= 0.6 is 0 Å². The number of anilines is 1. The minimum atomic E-state index is -0.682. The molecule has 0 aliphatic carbocycles. The molecule has 0 amide bonds. The number of nitrogen functional groups attached to an aromatic ring is 1. The summed E-state index contributed by atoms with van der Waals surface area (Å²) in [5.74, 6) is -1.33. The number of nitrogens with zero attached hydrogens (tertiary/aromatic N) is 2. The van der Waals surface area contributed by atoms with Gasteiger partial charge in [-0.2, -0.15) is 0 Å². The van der Waals surface area contributed by atoms with E-state index in [0.717, 1.165) is 0 Å². The van der Waals surface area contributed by atoms with Crippen molar-refractivity contribution in [3.8, 4) is 0 Å². The maximum Gasteiger partial charge on any atom is 0.359 e. The Bertz CT molecular complexity index is 663. The number of rotatable bonds is 4. The SMILES string of the molecule is CCOC(=O)c1nc2c(N)cccn2c1C(=O)OCC. The number of aromatic nitrogens is 2. The molecule has 2 aromatic rings. The number of esters is 2. The first-order chi connectivity index (χ1) is 9.60. The van der Waals surface area contributed by atoms with Crippen LogP contribution in [0.3, 0.4) is 0 Å². The van der Waals surface area contributed by atoms with Crippen molar-refractivity contribution in [1.82, 2.24) is 9.38 Å². The van der Waals surface area contributed by atoms with Gasteiger partial charge in [0.25, 0.3) is 0 Å². The summed E-state index contributed by atoms with van der Waals surface area (Å²) in [6.07, 6.45) is 1.59. The van der Waals surface area contributed by atoms with Crippen LogP contribution in [0.4, 0.5) is 5.69 Å². The summed E-state index contributed by atoms with van der Waals surface area (Å²) in [7, 11) is 0. The Hall–Kier alpha value is -2.57. The third-order valence-electron chi connectivity index (χ3n) is 2.62. The van der Waals surface area contributed by atoms with Gasteiger partial charge in [0.2, 0.25) is 0 Å². The van der Waals surface area contributed by atoms with Gasteiger partial charge in [0.15, 0.2) is 17.0 Å². The first kappa shape index (κ1) is 13.9. The first-order valence-electron chi connectivity index (χ1n) is 6.20. The van der Waals surface area contributed by atoms with E-state index in [1.165, 1.54) is 4.40 Å². The van der Waals surface area contributed by atoms with Gasteiger partial charge in [0, 0.05) is 6.20 Å². The van der Waals surface area contributed by atoms with Gasteiger partial charge in [-0.25, -0.2) is 14.6 Å². The van der Waals surface area contributed by atoms with E-state index in [4.69, 9.17) is 15.2 Å². The van der Waals surface area contributed by atoms with Gasteiger partial charge in [-0.15, -0.1) is 0 Å². The Morgan fingerprint density at radius 2 is 1.90 bits per heavy atom. The molecule has 0 fully saturated rings. The smallest absolute Gasteiger partial charge is 0.359 e. The molecule has 7 heteroatoms. The van der Waals surface area contributed by atoms with Crippen LogP contribution in [0.1, 0.15) is 34.8 Å². The highest BCUT2D eigenvalue weighted by atomic mass is 16.5. The van der Waals surface area contributed by atoms with E-state index in [-0.39, 0.29) is 24.6 Å². The van der Waals surface area contributed by atoms with Crippen molar-refractivity contribution in [2.75, 3.05) is 18.9 Å². The lowest BCUT2D eigenvalue weighted by Crippen LogP contribution is -2.15. The molecule has 0 saturated heterocycles. The number of hydrogen-bond donors (Lipinski definition) is 1. The van der Waals surface area contributed by atoms with E-state index < -0.39 is 11.9 Å². The average Bonchev–Trinajstić information content (AvgIpc) is 2.80. The minimum absolute atomic E-state index is 0.0209. The van der Waals surface area contributed by atoms with Gasteiger partial charge >= 0.3 is 11.9 Å². The van der Waals surface area contributed by atoms with Crippen molar-refractivity contribution in [1.29, 1.82) is 0 Å². The highest BCUT2D eigenvalue weighted by Gasteiger charge is 2.26. The summed E-state index contributed by atoms with van der Waals surface area (Å²) in [6, 6.07) is 3.29. The maximum atomic E-state index is 12.0. The van der Waals surface area contributed by atoms with Gasteiger partial charge in [0.1, 0.15) is 0 Å². The number of carbonyl (C=O) groups excluding carboxylic acids is 2. The van der Waals surface area contributed by atoms with Gasteiger partial charge in [-0.1, -0.05) is 0 Å². The quantitative estimate of drug-likeness (QED) is 0.845. The number of ether oxygens (including phenoxy) is 2. The van der Waals surface area contributed by atoms with Crippen LogP contribution in [-0.4, -0.2) is 34.5 Å². The van der Waals surface area contributed by atoms with Crippen LogP contribution in [0.5, 0.6) is 0 Å². The number of imidazole rings is 1. The molecule has 0 aliphatic heterocycles. The van der Waals surface area contributed by atoms with Crippen molar-refractivity contribution in [3.05, 3.63) is 29.7 Å². The predicted molar refractivity (Wildman–Crippen MR) is 71.5 cm³/mol. The van der Waals surface area contributed by atoms with Crippen LogP contribution < -0.4 is 5.73 Å². The summed E-state index contributed by atoms with van der Waals surface area (Å²) in [5.41, 5.74) is 6.40. The fraction of sp³-hybridized carbons (Fsp3) is 0.308. The highest BCUT2D eigenvalue weighted by molar-refractivity contribution is 6.02. The number of nitrogens with two attached hydrogens (primary N) is 1. The van der Waals surface area contributed by atoms with Crippen LogP contribution in [0.2, 0.25) is 0 Å². The first-order valence-corrected chi connectivity index (χ1v) is 6.20. The zero-order chi connectivity index (χ0) is 14.7. The summed E-state index contributed by atoms with van der Waals surface area (Å²) in [6.45, 7) is 3.73. The second-order valence-corrected chi connectivity index (χ2v) is 3.91. The Labute approximate surface area is 115 Å². The molecule has 0 unspecified atom stereocenters. The molecule has 2 aromatic heterocycles. The molecule has 7 nitrogen and oxygen atoms in total. The van der Waals surface area contributed by atoms with E-state index >= 15 is 0 Å². The normalized spacial score (nSPS) is 10.5. The highest BCUT2D eigenvalue weighted by Crippen LogP contribution is 2.19. The molecule has 0 radical (unpaired) electrons. The predicted octanol–water partition coefficient (Wildman–Crippen LogP) is 1.27. The van der Waals surface area contributed by atoms with Crippen LogP contribution in [0.25, 0.3) is 5.65 Å². The lowest BCUT2D eigenvalue weighted by Gasteiger charge is -2.04. The Morgan fingerprint density at radius 3 is 2.55 bits per heavy atom. The molecule has 2 N–H and O–H groups in total. The molecule has 20 heavy (non-hydrogen) atoms. The molecule has 0 saturated carbocycles. The lowest BCUT2D eigenvalue weighted by atomic mass is 10.3. The van der Waals surface area contributed by atoms with Crippen molar-refractivity contribution in [3.63, 3.8) is 0 Å². The molecule has 0 atom stereocenters. The monoisotopic (exact) mass is 277 g/mol. The topological polar surface area (TPSA) is 95.9 Å². The van der Waals surface area contributed by atoms with Crippen molar-refractivity contribution in [2.45, 2.75) is 13.8 Å². The number of fused-ring (bicyclic) bond motifs is 1. The summed E-state index contributed by atoms with van der Waals surface area (Å²) < 4.78 is 11.3. The molecule has 0 spiro atoms. The van der Waals surface area contributed by atoms with E-state index in [1.54, 1.807) is 32.2 Å². The molecule has 2 heterocycles. The lowest BCUT2D eigenvalue weighted by molar-refractivity contribution is 0.0470. The molecular weight excluding hydrogens is 262 g/mol. The van der Waals surface area contributed by atoms with Crippen LogP contribution in [0, 0.1) is 0 Å². The fourth-order valence-corrected chi connectivity index (χ4v) is 1.83. The van der Waals surface area contributed by atoms with Crippen LogP contribution in [-0.2, 0) is 9.47 Å². The molecule has 106 valence electrons. The zero-order valence-electron chi connectivity index (χ0n) is 11.3. The third kappa shape index (κ3) is 2.29. The van der Waals surface area contributed by atoms with Crippen molar-refractivity contribution >= 4 is 23.3 Å². The fourth-order valence-electron chi connectivity index (χ4n) is 1.83. The van der Waals surface area contributed by atoms with Gasteiger partial charge in [-0.3, -0.25) is 4.40 Å². The molecule has 0 bridgehead atoms. The van der Waals surface area contributed by atoms with Crippen LogP contribution in [0.15, 0.2) is 18.3 Å². The second-order valence-electron chi connectivity index (χ2n) is 3.91. The number of hydrogen-bond acceptors (Lipinski definition) is 6. The minimum Gasteiger partial charge on any atom is -0.461 e.